The Morgan fingerprint density at radius 2 is 1.77 bits per heavy atom. The molecule has 0 aliphatic carbocycles. The van der Waals surface area contributed by atoms with E-state index in [1.807, 2.05) is 19.9 Å². The molecule has 4 rings (SSSR count). The number of hydrogen-bond donors (Lipinski definition) is 0. The van der Waals surface area contributed by atoms with Crippen LogP contribution >= 0.6 is 11.6 Å². The lowest BCUT2D eigenvalue weighted by atomic mass is 10.1. The maximum absolute atomic E-state index is 13.3. The summed E-state index contributed by atoms with van der Waals surface area (Å²) < 4.78 is 6.87. The number of ether oxygens (including phenoxy) is 1. The van der Waals surface area contributed by atoms with Crippen molar-refractivity contribution in [1.29, 1.82) is 0 Å². The second-order valence-electron chi connectivity index (χ2n) is 6.87. The molecule has 2 aromatic heterocycles. The van der Waals surface area contributed by atoms with Crippen LogP contribution in [-0.2, 0) is 6.54 Å². The summed E-state index contributed by atoms with van der Waals surface area (Å²) >= 11 is 6.04. The van der Waals surface area contributed by atoms with Crippen LogP contribution in [0.3, 0.4) is 0 Å². The molecule has 7 nitrogen and oxygen atoms in total. The van der Waals surface area contributed by atoms with E-state index in [-0.39, 0.29) is 12.5 Å². The molecular weight excluding hydrogens is 402 g/mol. The van der Waals surface area contributed by atoms with E-state index < -0.39 is 0 Å². The van der Waals surface area contributed by atoms with Gasteiger partial charge in [-0.05, 0) is 68.4 Å². The third-order valence-corrected chi connectivity index (χ3v) is 4.93. The van der Waals surface area contributed by atoms with Crippen LogP contribution in [0.1, 0.15) is 27.6 Å². The summed E-state index contributed by atoms with van der Waals surface area (Å²) in [5.74, 6) is 1.51. The summed E-state index contributed by atoms with van der Waals surface area (Å²) in [5, 5.41) is 5.14. The summed E-state index contributed by atoms with van der Waals surface area (Å²) in [5.41, 5.74) is 3.01. The maximum Gasteiger partial charge on any atom is 0.258 e. The topological polar surface area (TPSA) is 72.6 Å². The Morgan fingerprint density at radius 3 is 2.43 bits per heavy atom. The minimum Gasteiger partial charge on any atom is -0.497 e. The van der Waals surface area contributed by atoms with Crippen LogP contribution in [0.5, 0.6) is 5.75 Å². The molecule has 8 heteroatoms. The zero-order chi connectivity index (χ0) is 21.3. The summed E-state index contributed by atoms with van der Waals surface area (Å²) in [7, 11) is 1.59. The highest BCUT2D eigenvalue weighted by Crippen LogP contribution is 2.23. The number of nitrogens with zero attached hydrogens (tertiary/aromatic N) is 5. The number of aromatic nitrogens is 4. The third kappa shape index (κ3) is 3.97. The van der Waals surface area contributed by atoms with E-state index in [1.54, 1.807) is 65.1 Å². The van der Waals surface area contributed by atoms with E-state index in [1.165, 1.54) is 0 Å². The van der Waals surface area contributed by atoms with Crippen molar-refractivity contribution in [3.05, 3.63) is 82.4 Å². The first-order chi connectivity index (χ1) is 14.4. The van der Waals surface area contributed by atoms with Crippen molar-refractivity contribution in [3.8, 4) is 5.75 Å². The number of rotatable bonds is 5. The SMILES string of the molecule is COc1ccc(C(=O)N(Cc2nc3nc(C)cc(C)n3n2)c2ccc(Cl)cc2)cc1. The van der Waals surface area contributed by atoms with E-state index in [2.05, 4.69) is 15.1 Å². The van der Waals surface area contributed by atoms with Crippen LogP contribution in [0.2, 0.25) is 5.02 Å². The molecule has 0 saturated heterocycles. The average Bonchev–Trinajstić information content (AvgIpc) is 3.15. The fourth-order valence-electron chi connectivity index (χ4n) is 3.21. The Morgan fingerprint density at radius 1 is 1.07 bits per heavy atom. The van der Waals surface area contributed by atoms with Gasteiger partial charge in [0.25, 0.3) is 11.7 Å². The predicted molar refractivity (Wildman–Crippen MR) is 115 cm³/mol. The lowest BCUT2D eigenvalue weighted by Crippen LogP contribution is -2.31. The number of amides is 1. The molecule has 0 saturated carbocycles. The molecule has 0 aliphatic heterocycles. The van der Waals surface area contributed by atoms with Gasteiger partial charge in [0.15, 0.2) is 5.82 Å². The summed E-state index contributed by atoms with van der Waals surface area (Å²) in [6, 6.07) is 16.0. The number of benzene rings is 2. The molecule has 0 atom stereocenters. The van der Waals surface area contributed by atoms with Gasteiger partial charge < -0.3 is 9.64 Å². The minimum absolute atomic E-state index is 0.181. The van der Waals surface area contributed by atoms with Gasteiger partial charge in [0, 0.05) is 27.7 Å². The number of methoxy groups -OCH3 is 1. The minimum atomic E-state index is -0.181. The lowest BCUT2D eigenvalue weighted by Gasteiger charge is -2.22. The molecule has 4 aromatic rings. The van der Waals surface area contributed by atoms with Crippen molar-refractivity contribution in [1.82, 2.24) is 19.6 Å². The van der Waals surface area contributed by atoms with Crippen LogP contribution < -0.4 is 9.64 Å². The van der Waals surface area contributed by atoms with Crippen molar-refractivity contribution in [2.75, 3.05) is 12.0 Å². The highest BCUT2D eigenvalue weighted by molar-refractivity contribution is 6.30. The third-order valence-electron chi connectivity index (χ3n) is 4.68. The molecule has 2 heterocycles. The predicted octanol–water partition coefficient (Wildman–Crippen LogP) is 4.25. The quantitative estimate of drug-likeness (QED) is 0.481. The maximum atomic E-state index is 13.3. The normalized spacial score (nSPS) is 10.9. The van der Waals surface area contributed by atoms with Gasteiger partial charge in [-0.2, -0.15) is 4.98 Å². The summed E-state index contributed by atoms with van der Waals surface area (Å²) in [6.07, 6.45) is 0. The van der Waals surface area contributed by atoms with Crippen LogP contribution in [0.25, 0.3) is 5.78 Å². The van der Waals surface area contributed by atoms with Gasteiger partial charge in [0.2, 0.25) is 0 Å². The molecule has 1 amide bonds. The van der Waals surface area contributed by atoms with Gasteiger partial charge in [0.1, 0.15) is 5.75 Å². The van der Waals surface area contributed by atoms with Gasteiger partial charge in [-0.1, -0.05) is 11.6 Å². The fourth-order valence-corrected chi connectivity index (χ4v) is 3.33. The van der Waals surface area contributed by atoms with Crippen LogP contribution in [0.4, 0.5) is 5.69 Å². The molecular formula is C22H20ClN5O2. The Kier molecular flexibility index (Phi) is 5.37. The van der Waals surface area contributed by atoms with Crippen molar-refractivity contribution < 1.29 is 9.53 Å². The average molecular weight is 422 g/mol. The molecule has 2 aromatic carbocycles. The molecule has 0 spiro atoms. The van der Waals surface area contributed by atoms with Crippen molar-refractivity contribution >= 4 is 29.0 Å². The highest BCUT2D eigenvalue weighted by atomic mass is 35.5. The molecule has 0 N–H and O–H groups in total. The Balaban J connectivity index is 1.72. The van der Waals surface area contributed by atoms with E-state index >= 15 is 0 Å². The van der Waals surface area contributed by atoms with Crippen molar-refractivity contribution in [3.63, 3.8) is 0 Å². The van der Waals surface area contributed by atoms with E-state index in [4.69, 9.17) is 16.3 Å². The van der Waals surface area contributed by atoms with Crippen molar-refractivity contribution in [2.45, 2.75) is 20.4 Å². The second kappa shape index (κ2) is 8.12. The number of carbonyl (C=O) groups is 1. The number of anilines is 1. The zero-order valence-electron chi connectivity index (χ0n) is 16.8. The standard InChI is InChI=1S/C22H20ClN5O2/c1-14-12-15(2)28-22(24-14)25-20(26-28)13-27(18-8-6-17(23)7-9-18)21(29)16-4-10-19(30-3)11-5-16/h4-12H,13H2,1-3H3. The van der Waals surface area contributed by atoms with Crippen LogP contribution in [0.15, 0.2) is 54.6 Å². The number of aryl methyl sites for hydroxylation is 2. The zero-order valence-corrected chi connectivity index (χ0v) is 17.6. The Hall–Kier alpha value is -3.45. The summed E-state index contributed by atoms with van der Waals surface area (Å²) in [6.45, 7) is 4.04. The van der Waals surface area contributed by atoms with E-state index in [0.717, 1.165) is 11.4 Å². The van der Waals surface area contributed by atoms with Gasteiger partial charge in [-0.25, -0.2) is 9.50 Å². The van der Waals surface area contributed by atoms with Crippen molar-refractivity contribution in [2.24, 2.45) is 0 Å². The van der Waals surface area contributed by atoms with Gasteiger partial charge in [0.05, 0.1) is 13.7 Å². The first kappa shape index (κ1) is 19.8. The smallest absolute Gasteiger partial charge is 0.258 e. The molecule has 0 aliphatic rings. The van der Waals surface area contributed by atoms with Gasteiger partial charge in [-0.15, -0.1) is 5.10 Å². The Bertz CT molecular complexity index is 1200. The van der Waals surface area contributed by atoms with Crippen LogP contribution in [0, 0.1) is 13.8 Å². The largest absolute Gasteiger partial charge is 0.497 e. The monoisotopic (exact) mass is 421 g/mol. The molecule has 0 fully saturated rings. The Labute approximate surface area is 178 Å². The number of halogens is 1. The molecule has 0 radical (unpaired) electrons. The highest BCUT2D eigenvalue weighted by Gasteiger charge is 2.21. The number of carbonyl (C=O) groups excluding carboxylic acids is 1. The lowest BCUT2D eigenvalue weighted by molar-refractivity contribution is 0.0984. The molecule has 30 heavy (non-hydrogen) atoms. The number of fused-ring (bicyclic) bond motifs is 1. The first-order valence-electron chi connectivity index (χ1n) is 9.36. The van der Waals surface area contributed by atoms with E-state index in [9.17, 15) is 4.79 Å². The van der Waals surface area contributed by atoms with E-state index in [0.29, 0.717) is 33.6 Å². The molecule has 152 valence electrons. The number of hydrogen-bond acceptors (Lipinski definition) is 5. The summed E-state index contributed by atoms with van der Waals surface area (Å²) in [4.78, 5) is 23.9. The fraction of sp³-hybridized carbons (Fsp3) is 0.182. The van der Waals surface area contributed by atoms with Crippen LogP contribution in [-0.4, -0.2) is 32.6 Å². The van der Waals surface area contributed by atoms with Gasteiger partial charge in [-0.3, -0.25) is 4.79 Å². The molecule has 0 bridgehead atoms. The first-order valence-corrected chi connectivity index (χ1v) is 9.74. The molecule has 0 unspecified atom stereocenters. The van der Waals surface area contributed by atoms with Gasteiger partial charge >= 0.3 is 0 Å². The second-order valence-corrected chi connectivity index (χ2v) is 7.31.